The van der Waals surface area contributed by atoms with Gasteiger partial charge in [0.25, 0.3) is 0 Å². The molecule has 0 aliphatic carbocycles. The molecule has 16 heavy (non-hydrogen) atoms. The summed E-state index contributed by atoms with van der Waals surface area (Å²) in [7, 11) is 0. The maximum absolute atomic E-state index is 12.1. The Morgan fingerprint density at radius 2 is 2.06 bits per heavy atom. The van der Waals surface area contributed by atoms with Crippen LogP contribution in [0.3, 0.4) is 0 Å². The van der Waals surface area contributed by atoms with Crippen molar-refractivity contribution in [1.29, 1.82) is 0 Å². The number of alkyl halides is 3. The van der Waals surface area contributed by atoms with Gasteiger partial charge in [0.05, 0.1) is 0 Å². The lowest BCUT2D eigenvalue weighted by atomic mass is 9.88. The summed E-state index contributed by atoms with van der Waals surface area (Å²) in [5.74, 6) is -0.0229. The number of hydrogen-bond donors (Lipinski definition) is 0. The van der Waals surface area contributed by atoms with Gasteiger partial charge >= 0.3 is 6.18 Å². The van der Waals surface area contributed by atoms with Gasteiger partial charge in [0.15, 0.2) is 0 Å². The predicted octanol–water partition coefficient (Wildman–Crippen LogP) is 2.83. The highest BCUT2D eigenvalue weighted by molar-refractivity contribution is 5.76. The van der Waals surface area contributed by atoms with Crippen molar-refractivity contribution < 1.29 is 18.0 Å². The molecule has 1 unspecified atom stereocenters. The summed E-state index contributed by atoms with van der Waals surface area (Å²) in [6.07, 6.45) is -3.89. The van der Waals surface area contributed by atoms with E-state index in [1.165, 1.54) is 4.90 Å². The normalized spacial score (nSPS) is 22.6. The van der Waals surface area contributed by atoms with Crippen LogP contribution in [0.15, 0.2) is 0 Å². The van der Waals surface area contributed by atoms with Crippen LogP contribution in [0.4, 0.5) is 13.2 Å². The quantitative estimate of drug-likeness (QED) is 0.723. The maximum atomic E-state index is 12.1. The number of carbonyl (C=O) groups is 1. The minimum Gasteiger partial charge on any atom is -0.342 e. The van der Waals surface area contributed by atoms with Crippen LogP contribution in [0, 0.1) is 11.8 Å². The molecule has 0 spiro atoms. The van der Waals surface area contributed by atoms with Gasteiger partial charge in [0.2, 0.25) is 5.91 Å². The summed E-state index contributed by atoms with van der Waals surface area (Å²) in [6, 6.07) is 0. The van der Waals surface area contributed by atoms with Crippen molar-refractivity contribution in [3.05, 3.63) is 0 Å². The third kappa shape index (κ3) is 4.02. The molecule has 0 N–H and O–H groups in total. The summed E-state index contributed by atoms with van der Waals surface area (Å²) in [6.45, 7) is 5.04. The first-order chi connectivity index (χ1) is 7.29. The van der Waals surface area contributed by atoms with Crippen LogP contribution >= 0.6 is 0 Å². The third-order valence-corrected chi connectivity index (χ3v) is 3.11. The lowest BCUT2D eigenvalue weighted by Gasteiger charge is -2.35. The molecule has 5 heteroatoms. The molecule has 94 valence electrons. The van der Waals surface area contributed by atoms with Crippen molar-refractivity contribution in [3.63, 3.8) is 0 Å². The number of rotatable bonds is 2. The molecule has 1 rings (SSSR count). The van der Waals surface area contributed by atoms with Gasteiger partial charge in [-0.1, -0.05) is 13.8 Å². The Morgan fingerprint density at radius 3 is 2.56 bits per heavy atom. The molecule has 0 saturated carbocycles. The number of carbonyl (C=O) groups excluding carboxylic acids is 1. The minimum atomic E-state index is -4.39. The van der Waals surface area contributed by atoms with Crippen molar-refractivity contribution in [3.8, 4) is 0 Å². The Kier molecular flexibility index (Phi) is 4.21. The second kappa shape index (κ2) is 5.06. The van der Waals surface area contributed by atoms with Crippen LogP contribution in [0.2, 0.25) is 0 Å². The van der Waals surface area contributed by atoms with E-state index in [1.54, 1.807) is 0 Å². The summed E-state index contributed by atoms with van der Waals surface area (Å²) in [5, 5.41) is 0. The molecule has 1 aliphatic rings. The highest BCUT2D eigenvalue weighted by Crippen LogP contribution is 2.26. The number of halogens is 3. The molecular formula is C11H18F3NO. The highest BCUT2D eigenvalue weighted by atomic mass is 19.4. The van der Waals surface area contributed by atoms with Gasteiger partial charge in [-0.05, 0) is 24.7 Å². The van der Waals surface area contributed by atoms with Crippen molar-refractivity contribution in [1.82, 2.24) is 4.90 Å². The van der Waals surface area contributed by atoms with E-state index in [0.29, 0.717) is 24.9 Å². The second-order valence-electron chi connectivity index (χ2n) is 4.78. The molecule has 1 atom stereocenters. The number of likely N-dealkylation sites (tertiary alicyclic amines) is 1. The molecule has 1 aliphatic heterocycles. The van der Waals surface area contributed by atoms with Gasteiger partial charge in [0, 0.05) is 13.1 Å². The number of hydrogen-bond acceptors (Lipinski definition) is 1. The lowest BCUT2D eigenvalue weighted by molar-refractivity contribution is -0.162. The van der Waals surface area contributed by atoms with Crippen molar-refractivity contribution in [2.45, 2.75) is 39.3 Å². The molecule has 0 bridgehead atoms. The van der Waals surface area contributed by atoms with Crippen LogP contribution in [0.1, 0.15) is 33.1 Å². The molecule has 1 saturated heterocycles. The van der Waals surface area contributed by atoms with E-state index in [9.17, 15) is 18.0 Å². The monoisotopic (exact) mass is 237 g/mol. The van der Waals surface area contributed by atoms with Crippen molar-refractivity contribution in [2.75, 3.05) is 13.1 Å². The van der Waals surface area contributed by atoms with E-state index < -0.39 is 18.5 Å². The second-order valence-corrected chi connectivity index (χ2v) is 4.78. The molecule has 0 aromatic heterocycles. The van der Waals surface area contributed by atoms with E-state index in [-0.39, 0.29) is 0 Å². The zero-order valence-electron chi connectivity index (χ0n) is 9.68. The van der Waals surface area contributed by atoms with E-state index >= 15 is 0 Å². The Bertz CT molecular complexity index is 250. The fourth-order valence-electron chi connectivity index (χ4n) is 2.06. The van der Waals surface area contributed by atoms with Crippen LogP contribution in [0.25, 0.3) is 0 Å². The molecule has 1 fully saturated rings. The summed E-state index contributed by atoms with van der Waals surface area (Å²) in [4.78, 5) is 12.8. The molecule has 0 aromatic rings. The maximum Gasteiger partial charge on any atom is 0.397 e. The van der Waals surface area contributed by atoms with E-state index in [2.05, 4.69) is 0 Å². The Morgan fingerprint density at radius 1 is 1.44 bits per heavy atom. The first kappa shape index (κ1) is 13.3. The van der Waals surface area contributed by atoms with Crippen LogP contribution in [-0.2, 0) is 4.79 Å². The van der Waals surface area contributed by atoms with Gasteiger partial charge in [-0.25, -0.2) is 0 Å². The average molecular weight is 237 g/mol. The standard InChI is InChI=1S/C11H18F3NO/c1-8(2)9-4-3-5-15(7-9)10(16)6-11(12,13)14/h8-9H,3-7H2,1-2H3. The zero-order valence-corrected chi connectivity index (χ0v) is 9.68. The van der Waals surface area contributed by atoms with E-state index in [0.717, 1.165) is 12.8 Å². The lowest BCUT2D eigenvalue weighted by Crippen LogP contribution is -2.42. The smallest absolute Gasteiger partial charge is 0.342 e. The number of piperidine rings is 1. The number of nitrogens with zero attached hydrogens (tertiary/aromatic N) is 1. The molecule has 1 heterocycles. The predicted molar refractivity (Wildman–Crippen MR) is 54.8 cm³/mol. The Hall–Kier alpha value is -0.740. The summed E-state index contributed by atoms with van der Waals surface area (Å²) in [5.41, 5.74) is 0. The third-order valence-electron chi connectivity index (χ3n) is 3.11. The zero-order chi connectivity index (χ0) is 12.3. The first-order valence-electron chi connectivity index (χ1n) is 5.64. The van der Waals surface area contributed by atoms with Gasteiger partial charge in [0.1, 0.15) is 6.42 Å². The van der Waals surface area contributed by atoms with Crippen molar-refractivity contribution in [2.24, 2.45) is 11.8 Å². The Balaban J connectivity index is 2.50. The van der Waals surface area contributed by atoms with Crippen LogP contribution in [-0.4, -0.2) is 30.1 Å². The summed E-state index contributed by atoms with van der Waals surface area (Å²) >= 11 is 0. The number of amides is 1. The van der Waals surface area contributed by atoms with Gasteiger partial charge in [-0.15, -0.1) is 0 Å². The van der Waals surface area contributed by atoms with E-state index in [4.69, 9.17) is 0 Å². The first-order valence-corrected chi connectivity index (χ1v) is 5.64. The minimum absolute atomic E-state index is 0.339. The SMILES string of the molecule is CC(C)C1CCCN(C(=O)CC(F)(F)F)C1. The highest BCUT2D eigenvalue weighted by Gasteiger charge is 2.35. The van der Waals surface area contributed by atoms with Crippen LogP contribution < -0.4 is 0 Å². The fourth-order valence-corrected chi connectivity index (χ4v) is 2.06. The molecule has 0 radical (unpaired) electrons. The van der Waals surface area contributed by atoms with Gasteiger partial charge in [-0.3, -0.25) is 4.79 Å². The van der Waals surface area contributed by atoms with Crippen LogP contribution in [0.5, 0.6) is 0 Å². The molecular weight excluding hydrogens is 219 g/mol. The van der Waals surface area contributed by atoms with Crippen molar-refractivity contribution >= 4 is 5.91 Å². The molecule has 2 nitrogen and oxygen atoms in total. The molecule has 1 amide bonds. The largest absolute Gasteiger partial charge is 0.397 e. The summed E-state index contributed by atoms with van der Waals surface area (Å²) < 4.78 is 36.2. The topological polar surface area (TPSA) is 20.3 Å². The van der Waals surface area contributed by atoms with Gasteiger partial charge < -0.3 is 4.90 Å². The fraction of sp³-hybridized carbons (Fsp3) is 0.909. The Labute approximate surface area is 93.8 Å². The van der Waals surface area contributed by atoms with E-state index in [1.807, 2.05) is 13.8 Å². The average Bonchev–Trinajstić information content (AvgIpc) is 2.15. The molecule has 0 aromatic carbocycles. The van der Waals surface area contributed by atoms with Gasteiger partial charge in [-0.2, -0.15) is 13.2 Å².